The van der Waals surface area contributed by atoms with Crippen molar-refractivity contribution in [2.75, 3.05) is 6.61 Å². The Bertz CT molecular complexity index is 741. The normalized spacial score (nSPS) is 36.9. The Morgan fingerprint density at radius 1 is 0.561 bits per heavy atom. The summed E-state index contributed by atoms with van der Waals surface area (Å²) in [5.41, 5.74) is 0. The van der Waals surface area contributed by atoms with Gasteiger partial charge < -0.3 is 9.47 Å². The molecule has 0 N–H and O–H groups in total. The molecule has 5 saturated carbocycles. The Kier molecular flexibility index (Phi) is 13.8. The predicted molar refractivity (Wildman–Crippen MR) is 167 cm³/mol. The molecule has 0 aromatic carbocycles. The predicted octanol–water partition coefficient (Wildman–Crippen LogP) is 10.1. The van der Waals surface area contributed by atoms with Gasteiger partial charge in [0, 0.05) is 6.42 Å². The maximum Gasteiger partial charge on any atom is 0.308 e. The van der Waals surface area contributed by atoms with Gasteiger partial charge in [0.1, 0.15) is 6.10 Å². The van der Waals surface area contributed by atoms with Crippen molar-refractivity contribution in [1.82, 2.24) is 0 Å². The second-order valence-corrected chi connectivity index (χ2v) is 15.1. The lowest BCUT2D eigenvalue weighted by molar-refractivity contribution is -0.152. The zero-order valence-corrected chi connectivity index (χ0v) is 27.1. The summed E-state index contributed by atoms with van der Waals surface area (Å²) in [6.07, 6.45) is 28.3. The summed E-state index contributed by atoms with van der Waals surface area (Å²) in [4.78, 5) is 23.9. The summed E-state index contributed by atoms with van der Waals surface area (Å²) < 4.78 is 10.9. The van der Waals surface area contributed by atoms with Gasteiger partial charge in [-0.25, -0.2) is 0 Å². The van der Waals surface area contributed by atoms with Crippen LogP contribution >= 0.6 is 0 Å². The average molecular weight is 573 g/mol. The van der Waals surface area contributed by atoms with Crippen LogP contribution in [0, 0.1) is 47.3 Å². The maximum atomic E-state index is 12.2. The Labute approximate surface area is 252 Å². The van der Waals surface area contributed by atoms with Crippen molar-refractivity contribution < 1.29 is 19.1 Å². The first-order chi connectivity index (χ1) is 19.9. The van der Waals surface area contributed by atoms with Gasteiger partial charge in [0.15, 0.2) is 0 Å². The molecule has 41 heavy (non-hydrogen) atoms. The van der Waals surface area contributed by atoms with Crippen LogP contribution in [0.3, 0.4) is 0 Å². The van der Waals surface area contributed by atoms with Gasteiger partial charge in [-0.15, -0.1) is 0 Å². The SMILES string of the molecule is CC1CCC(C2CCC(OC(=O)CC3CCCCC3)CC2)CC1.CCOC(=O)C1CCC(C2CCC(C)CC2)CC1. The molecule has 4 nitrogen and oxygen atoms in total. The van der Waals surface area contributed by atoms with Crippen LogP contribution in [0.2, 0.25) is 0 Å². The molecule has 5 rings (SSSR count). The fourth-order valence-corrected chi connectivity index (χ4v) is 9.14. The summed E-state index contributed by atoms with van der Waals surface area (Å²) in [6.45, 7) is 7.21. The standard InChI is InChI=1S/C21H36O2.C16H28O2/c1-16-7-9-18(10-8-16)19-11-13-20(14-12-19)23-21(22)15-17-5-3-2-4-6-17;1-3-18-16(17)15-10-8-14(9-11-15)13-6-4-12(2)5-7-13/h16-20H,2-15H2,1H3;12-15H,3-11H2,1-2H3. The summed E-state index contributed by atoms with van der Waals surface area (Å²) in [5, 5.41) is 0. The van der Waals surface area contributed by atoms with Gasteiger partial charge in [-0.1, -0.05) is 58.8 Å². The highest BCUT2D eigenvalue weighted by Gasteiger charge is 2.33. The lowest BCUT2D eigenvalue weighted by atomic mass is 9.69. The van der Waals surface area contributed by atoms with E-state index >= 15 is 0 Å². The molecular weight excluding hydrogens is 508 g/mol. The number of hydrogen-bond acceptors (Lipinski definition) is 4. The van der Waals surface area contributed by atoms with Gasteiger partial charge in [-0.3, -0.25) is 9.59 Å². The minimum Gasteiger partial charge on any atom is -0.466 e. The number of hydrogen-bond donors (Lipinski definition) is 0. The Morgan fingerprint density at radius 3 is 1.46 bits per heavy atom. The molecule has 5 aliphatic rings. The molecule has 5 aliphatic carbocycles. The molecule has 236 valence electrons. The van der Waals surface area contributed by atoms with Crippen LogP contribution in [0.4, 0.5) is 0 Å². The van der Waals surface area contributed by atoms with Gasteiger partial charge >= 0.3 is 11.9 Å². The average Bonchev–Trinajstić information content (AvgIpc) is 2.99. The van der Waals surface area contributed by atoms with Crippen molar-refractivity contribution in [1.29, 1.82) is 0 Å². The Morgan fingerprint density at radius 2 is 1.00 bits per heavy atom. The maximum absolute atomic E-state index is 12.2. The van der Waals surface area contributed by atoms with Gasteiger partial charge in [0.2, 0.25) is 0 Å². The lowest BCUT2D eigenvalue weighted by Crippen LogP contribution is -2.30. The van der Waals surface area contributed by atoms with Crippen molar-refractivity contribution >= 4 is 11.9 Å². The van der Waals surface area contributed by atoms with Gasteiger partial charge in [-0.05, 0) is 138 Å². The summed E-state index contributed by atoms with van der Waals surface area (Å²) >= 11 is 0. The van der Waals surface area contributed by atoms with E-state index in [1.807, 2.05) is 6.92 Å². The molecule has 0 radical (unpaired) electrons. The largest absolute Gasteiger partial charge is 0.466 e. The van der Waals surface area contributed by atoms with Gasteiger partial charge in [0.25, 0.3) is 0 Å². The number of carbonyl (C=O) groups is 2. The molecule has 5 fully saturated rings. The van der Waals surface area contributed by atoms with Crippen LogP contribution in [0.1, 0.15) is 162 Å². The number of rotatable bonds is 7. The van der Waals surface area contributed by atoms with Gasteiger partial charge in [-0.2, -0.15) is 0 Å². The first-order valence-electron chi connectivity index (χ1n) is 18.3. The molecule has 0 bridgehead atoms. The quantitative estimate of drug-likeness (QED) is 0.285. The number of carbonyl (C=O) groups excluding carboxylic acids is 2. The fraction of sp³-hybridized carbons (Fsp3) is 0.946. The summed E-state index contributed by atoms with van der Waals surface area (Å²) in [7, 11) is 0. The Balaban J connectivity index is 0.000000195. The summed E-state index contributed by atoms with van der Waals surface area (Å²) in [6, 6.07) is 0. The van der Waals surface area contributed by atoms with E-state index in [1.165, 1.54) is 109 Å². The third kappa shape index (κ3) is 10.9. The molecule has 0 spiro atoms. The van der Waals surface area contributed by atoms with Crippen LogP contribution in [-0.4, -0.2) is 24.6 Å². The lowest BCUT2D eigenvalue weighted by Gasteiger charge is -2.37. The van der Waals surface area contributed by atoms with E-state index in [1.54, 1.807) is 0 Å². The Hall–Kier alpha value is -1.06. The molecule has 0 aromatic rings. The first-order valence-corrected chi connectivity index (χ1v) is 18.3. The van der Waals surface area contributed by atoms with Crippen molar-refractivity contribution in [2.24, 2.45) is 47.3 Å². The monoisotopic (exact) mass is 572 g/mol. The molecule has 0 atom stereocenters. The highest BCUT2D eigenvalue weighted by atomic mass is 16.5. The van der Waals surface area contributed by atoms with E-state index in [2.05, 4.69) is 13.8 Å². The topological polar surface area (TPSA) is 52.6 Å². The van der Waals surface area contributed by atoms with Crippen molar-refractivity contribution in [3.63, 3.8) is 0 Å². The van der Waals surface area contributed by atoms with E-state index in [0.29, 0.717) is 18.9 Å². The van der Waals surface area contributed by atoms with Gasteiger partial charge in [0.05, 0.1) is 12.5 Å². The minimum atomic E-state index is 0.0493. The second-order valence-electron chi connectivity index (χ2n) is 15.1. The zero-order valence-electron chi connectivity index (χ0n) is 27.1. The van der Waals surface area contributed by atoms with E-state index in [4.69, 9.17) is 9.47 Å². The smallest absolute Gasteiger partial charge is 0.308 e. The molecule has 0 unspecified atom stereocenters. The molecule has 0 aliphatic heterocycles. The third-order valence-electron chi connectivity index (χ3n) is 12.0. The zero-order chi connectivity index (χ0) is 29.0. The van der Waals surface area contributed by atoms with Crippen LogP contribution in [0.25, 0.3) is 0 Å². The molecule has 4 heteroatoms. The molecule has 0 heterocycles. The molecule has 0 amide bonds. The third-order valence-corrected chi connectivity index (χ3v) is 12.0. The number of ether oxygens (including phenoxy) is 2. The molecule has 0 saturated heterocycles. The van der Waals surface area contributed by atoms with E-state index in [0.717, 1.165) is 61.2 Å². The first kappa shape index (κ1) is 32.8. The van der Waals surface area contributed by atoms with E-state index < -0.39 is 0 Å². The molecule has 0 aromatic heterocycles. The van der Waals surface area contributed by atoms with Crippen molar-refractivity contribution in [3.8, 4) is 0 Å². The second kappa shape index (κ2) is 17.3. The van der Waals surface area contributed by atoms with Crippen LogP contribution < -0.4 is 0 Å². The van der Waals surface area contributed by atoms with E-state index in [9.17, 15) is 9.59 Å². The van der Waals surface area contributed by atoms with Crippen LogP contribution in [0.5, 0.6) is 0 Å². The number of esters is 2. The fourth-order valence-electron chi connectivity index (χ4n) is 9.14. The van der Waals surface area contributed by atoms with Crippen molar-refractivity contribution in [3.05, 3.63) is 0 Å². The summed E-state index contributed by atoms with van der Waals surface area (Å²) in [5.74, 6) is 6.55. The highest BCUT2D eigenvalue weighted by Crippen LogP contribution is 2.42. The minimum absolute atomic E-state index is 0.0493. The molecular formula is C37H64O4. The highest BCUT2D eigenvalue weighted by molar-refractivity contribution is 5.72. The van der Waals surface area contributed by atoms with Crippen LogP contribution in [-0.2, 0) is 19.1 Å². The van der Waals surface area contributed by atoms with Crippen LogP contribution in [0.15, 0.2) is 0 Å². The van der Waals surface area contributed by atoms with Crippen molar-refractivity contribution in [2.45, 2.75) is 168 Å². The van der Waals surface area contributed by atoms with E-state index in [-0.39, 0.29) is 24.0 Å².